The molecule has 1 aliphatic heterocycles. The summed E-state index contributed by atoms with van der Waals surface area (Å²) in [5.74, 6) is 0.708. The average molecular weight is 327 g/mol. The molecule has 1 aliphatic rings. The molecule has 0 atom stereocenters. The van der Waals surface area contributed by atoms with Gasteiger partial charge in [-0.1, -0.05) is 18.2 Å². The SMILES string of the molecule is O=C(O)c1ccc(CNCc2ccc3c(c2)OCCCCO3)cc1. The maximum atomic E-state index is 10.8. The molecule has 0 aromatic heterocycles. The van der Waals surface area contributed by atoms with Crippen LogP contribution in [0.15, 0.2) is 42.5 Å². The molecule has 5 nitrogen and oxygen atoms in total. The van der Waals surface area contributed by atoms with E-state index in [1.54, 1.807) is 12.1 Å². The lowest BCUT2D eigenvalue weighted by atomic mass is 10.1. The van der Waals surface area contributed by atoms with Crippen molar-refractivity contribution in [2.75, 3.05) is 13.2 Å². The van der Waals surface area contributed by atoms with Gasteiger partial charge in [0.25, 0.3) is 0 Å². The summed E-state index contributed by atoms with van der Waals surface area (Å²) in [7, 11) is 0. The van der Waals surface area contributed by atoms with E-state index in [0.717, 1.165) is 48.7 Å². The van der Waals surface area contributed by atoms with Crippen LogP contribution in [0.25, 0.3) is 0 Å². The number of ether oxygens (including phenoxy) is 2. The summed E-state index contributed by atoms with van der Waals surface area (Å²) in [5, 5.41) is 12.3. The van der Waals surface area contributed by atoms with Gasteiger partial charge in [0, 0.05) is 13.1 Å². The van der Waals surface area contributed by atoms with Crippen molar-refractivity contribution in [3.05, 3.63) is 59.2 Å². The second kappa shape index (κ2) is 7.84. The fourth-order valence-corrected chi connectivity index (χ4v) is 2.58. The van der Waals surface area contributed by atoms with Crippen LogP contribution in [-0.2, 0) is 13.1 Å². The fourth-order valence-electron chi connectivity index (χ4n) is 2.58. The molecular weight excluding hydrogens is 306 g/mol. The van der Waals surface area contributed by atoms with Crippen LogP contribution in [0, 0.1) is 0 Å². The second-order valence-corrected chi connectivity index (χ2v) is 5.79. The lowest BCUT2D eigenvalue weighted by molar-refractivity contribution is 0.0697. The summed E-state index contributed by atoms with van der Waals surface area (Å²) in [6, 6.07) is 12.9. The van der Waals surface area contributed by atoms with Crippen molar-refractivity contribution in [1.82, 2.24) is 5.32 Å². The van der Waals surface area contributed by atoms with E-state index in [4.69, 9.17) is 14.6 Å². The topological polar surface area (TPSA) is 67.8 Å². The van der Waals surface area contributed by atoms with Gasteiger partial charge in [-0.3, -0.25) is 0 Å². The van der Waals surface area contributed by atoms with Gasteiger partial charge in [0.15, 0.2) is 11.5 Å². The highest BCUT2D eigenvalue weighted by Gasteiger charge is 2.09. The number of carbonyl (C=O) groups is 1. The van der Waals surface area contributed by atoms with Gasteiger partial charge < -0.3 is 19.9 Å². The molecule has 2 aromatic carbocycles. The van der Waals surface area contributed by atoms with E-state index in [9.17, 15) is 4.79 Å². The van der Waals surface area contributed by atoms with Crippen LogP contribution >= 0.6 is 0 Å². The molecule has 0 amide bonds. The lowest BCUT2D eigenvalue weighted by Gasteiger charge is -2.17. The Labute approximate surface area is 141 Å². The molecule has 3 rings (SSSR count). The zero-order valence-electron chi connectivity index (χ0n) is 13.5. The predicted molar refractivity (Wildman–Crippen MR) is 90.6 cm³/mol. The Hall–Kier alpha value is -2.53. The van der Waals surface area contributed by atoms with E-state index in [-0.39, 0.29) is 0 Å². The first-order valence-electron chi connectivity index (χ1n) is 8.14. The highest BCUT2D eigenvalue weighted by molar-refractivity contribution is 5.87. The summed E-state index contributed by atoms with van der Waals surface area (Å²) >= 11 is 0. The third-order valence-electron chi connectivity index (χ3n) is 3.92. The third-order valence-corrected chi connectivity index (χ3v) is 3.92. The number of carboxylic acid groups (broad SMARTS) is 1. The van der Waals surface area contributed by atoms with Gasteiger partial charge in [-0.2, -0.15) is 0 Å². The third kappa shape index (κ3) is 4.26. The van der Waals surface area contributed by atoms with Crippen LogP contribution in [0.5, 0.6) is 11.5 Å². The first-order chi connectivity index (χ1) is 11.7. The van der Waals surface area contributed by atoms with E-state index in [1.807, 2.05) is 30.3 Å². The van der Waals surface area contributed by atoms with Crippen LogP contribution in [0.4, 0.5) is 0 Å². The van der Waals surface area contributed by atoms with Crippen molar-refractivity contribution in [1.29, 1.82) is 0 Å². The highest BCUT2D eigenvalue weighted by Crippen LogP contribution is 2.30. The minimum absolute atomic E-state index is 0.303. The summed E-state index contributed by atoms with van der Waals surface area (Å²) in [6.45, 7) is 2.84. The fraction of sp³-hybridized carbons (Fsp3) is 0.316. The van der Waals surface area contributed by atoms with Gasteiger partial charge >= 0.3 is 5.97 Å². The first kappa shape index (κ1) is 16.3. The number of fused-ring (bicyclic) bond motifs is 1. The monoisotopic (exact) mass is 327 g/mol. The summed E-state index contributed by atoms with van der Waals surface area (Å²) in [6.07, 6.45) is 2.03. The molecule has 0 spiro atoms. The number of hydrogen-bond donors (Lipinski definition) is 2. The second-order valence-electron chi connectivity index (χ2n) is 5.79. The van der Waals surface area contributed by atoms with Gasteiger partial charge in [0.1, 0.15) is 0 Å². The molecular formula is C19H21NO4. The molecule has 126 valence electrons. The van der Waals surface area contributed by atoms with E-state index in [1.165, 1.54) is 0 Å². The highest BCUT2D eigenvalue weighted by atomic mass is 16.5. The molecule has 0 unspecified atom stereocenters. The van der Waals surface area contributed by atoms with E-state index in [0.29, 0.717) is 18.7 Å². The zero-order valence-corrected chi connectivity index (χ0v) is 13.5. The molecule has 1 heterocycles. The number of hydrogen-bond acceptors (Lipinski definition) is 4. The van der Waals surface area contributed by atoms with E-state index in [2.05, 4.69) is 5.32 Å². The van der Waals surface area contributed by atoms with Crippen molar-refractivity contribution < 1.29 is 19.4 Å². The van der Waals surface area contributed by atoms with E-state index >= 15 is 0 Å². The summed E-state index contributed by atoms with van der Waals surface area (Å²) in [5.41, 5.74) is 2.48. The maximum absolute atomic E-state index is 10.8. The quantitative estimate of drug-likeness (QED) is 0.882. The molecule has 0 aliphatic carbocycles. The first-order valence-corrected chi connectivity index (χ1v) is 8.14. The number of benzene rings is 2. The van der Waals surface area contributed by atoms with Crippen molar-refractivity contribution in [2.24, 2.45) is 0 Å². The summed E-state index contributed by atoms with van der Waals surface area (Å²) < 4.78 is 11.5. The smallest absolute Gasteiger partial charge is 0.335 e. The average Bonchev–Trinajstić information content (AvgIpc) is 2.56. The zero-order chi connectivity index (χ0) is 16.8. The minimum atomic E-state index is -0.905. The molecule has 0 saturated carbocycles. The minimum Gasteiger partial charge on any atom is -0.490 e. The Morgan fingerprint density at radius 2 is 1.54 bits per heavy atom. The van der Waals surface area contributed by atoms with Crippen LogP contribution in [-0.4, -0.2) is 24.3 Å². The Morgan fingerprint density at radius 1 is 0.917 bits per heavy atom. The van der Waals surface area contributed by atoms with Crippen molar-refractivity contribution in [2.45, 2.75) is 25.9 Å². The summed E-state index contributed by atoms with van der Waals surface area (Å²) in [4.78, 5) is 10.8. The number of nitrogens with one attached hydrogen (secondary N) is 1. The Bertz CT molecular complexity index is 697. The van der Waals surface area contributed by atoms with E-state index < -0.39 is 5.97 Å². The molecule has 24 heavy (non-hydrogen) atoms. The molecule has 2 aromatic rings. The van der Waals surface area contributed by atoms with Crippen LogP contribution in [0.1, 0.15) is 34.3 Å². The van der Waals surface area contributed by atoms with Crippen molar-refractivity contribution >= 4 is 5.97 Å². The van der Waals surface area contributed by atoms with Gasteiger partial charge in [0.05, 0.1) is 18.8 Å². The van der Waals surface area contributed by atoms with Gasteiger partial charge in [0.2, 0.25) is 0 Å². The van der Waals surface area contributed by atoms with Gasteiger partial charge in [-0.25, -0.2) is 4.79 Å². The Kier molecular flexibility index (Phi) is 5.33. The van der Waals surface area contributed by atoms with Crippen LogP contribution in [0.2, 0.25) is 0 Å². The maximum Gasteiger partial charge on any atom is 0.335 e. The van der Waals surface area contributed by atoms with Crippen LogP contribution in [0.3, 0.4) is 0 Å². The van der Waals surface area contributed by atoms with Crippen molar-refractivity contribution in [3.8, 4) is 11.5 Å². The van der Waals surface area contributed by atoms with Crippen molar-refractivity contribution in [3.63, 3.8) is 0 Å². The predicted octanol–water partition coefficient (Wildman–Crippen LogP) is 3.23. The Morgan fingerprint density at radius 3 is 2.25 bits per heavy atom. The standard InChI is InChI=1S/C19H21NO4/c21-19(22)16-6-3-14(4-7-16)12-20-13-15-5-8-17-18(11-15)24-10-2-1-9-23-17/h3-8,11,20H,1-2,9-10,12-13H2,(H,21,22). The normalized spacial score (nSPS) is 13.8. The molecule has 0 saturated heterocycles. The molecule has 2 N–H and O–H groups in total. The molecule has 0 radical (unpaired) electrons. The lowest BCUT2D eigenvalue weighted by Crippen LogP contribution is -2.13. The Balaban J connectivity index is 1.56. The molecule has 0 bridgehead atoms. The van der Waals surface area contributed by atoms with Crippen LogP contribution < -0.4 is 14.8 Å². The van der Waals surface area contributed by atoms with Gasteiger partial charge in [-0.05, 0) is 48.2 Å². The number of rotatable bonds is 5. The number of aromatic carboxylic acids is 1. The number of carboxylic acids is 1. The molecule has 0 fully saturated rings. The van der Waals surface area contributed by atoms with Gasteiger partial charge in [-0.15, -0.1) is 0 Å². The molecule has 5 heteroatoms. The largest absolute Gasteiger partial charge is 0.490 e.